The fraction of sp³-hybridized carbons (Fsp3) is 0.571. The predicted octanol–water partition coefficient (Wildman–Crippen LogP) is 2.15. The van der Waals surface area contributed by atoms with Crippen LogP contribution in [-0.2, 0) is 6.42 Å². The fourth-order valence-electron chi connectivity index (χ4n) is 0.694. The van der Waals surface area contributed by atoms with Gasteiger partial charge in [0.15, 0.2) is 0 Å². The van der Waals surface area contributed by atoms with E-state index in [1.807, 2.05) is 6.92 Å². The van der Waals surface area contributed by atoms with E-state index in [9.17, 15) is 0 Å². The zero-order valence-corrected chi connectivity index (χ0v) is 8.34. The Labute approximate surface area is 77.2 Å². The molecular formula is C7H13ClN2S. The third-order valence-corrected chi connectivity index (χ3v) is 2.42. The molecule has 2 N–H and O–H groups in total. The Morgan fingerprint density at radius 3 is 2.64 bits per heavy atom. The van der Waals surface area contributed by atoms with Gasteiger partial charge in [-0.05, 0) is 13.3 Å². The van der Waals surface area contributed by atoms with E-state index >= 15 is 0 Å². The average Bonchev–Trinajstić information content (AvgIpc) is 2.34. The Morgan fingerprint density at radius 1 is 1.73 bits per heavy atom. The van der Waals surface area contributed by atoms with Crippen molar-refractivity contribution in [2.75, 3.05) is 0 Å². The smallest absolute Gasteiger partial charge is 0.109 e. The highest BCUT2D eigenvalue weighted by Crippen LogP contribution is 2.15. The first kappa shape index (κ1) is 10.9. The lowest BCUT2D eigenvalue weighted by Gasteiger charge is -1.95. The number of thiazole rings is 1. The van der Waals surface area contributed by atoms with Crippen LogP contribution in [-0.4, -0.2) is 4.98 Å². The summed E-state index contributed by atoms with van der Waals surface area (Å²) in [7, 11) is 0. The Hall–Kier alpha value is -0.120. The molecule has 0 radical (unpaired) electrons. The van der Waals surface area contributed by atoms with Gasteiger partial charge in [0.1, 0.15) is 5.01 Å². The van der Waals surface area contributed by atoms with E-state index in [0.29, 0.717) is 0 Å². The Morgan fingerprint density at radius 2 is 2.36 bits per heavy atom. The highest BCUT2D eigenvalue weighted by atomic mass is 35.5. The fourth-order valence-corrected chi connectivity index (χ4v) is 1.55. The zero-order chi connectivity index (χ0) is 7.56. The molecule has 0 amide bonds. The van der Waals surface area contributed by atoms with Crippen molar-refractivity contribution < 1.29 is 0 Å². The molecule has 1 unspecified atom stereocenters. The molecule has 0 aliphatic heterocycles. The number of nitrogens with zero attached hydrogens (tertiary/aromatic N) is 1. The Bertz CT molecular complexity index is 210. The molecule has 0 fully saturated rings. The van der Waals surface area contributed by atoms with Crippen LogP contribution in [0.2, 0.25) is 0 Å². The van der Waals surface area contributed by atoms with E-state index in [0.717, 1.165) is 17.1 Å². The van der Waals surface area contributed by atoms with Crippen molar-refractivity contribution in [3.63, 3.8) is 0 Å². The maximum absolute atomic E-state index is 5.63. The van der Waals surface area contributed by atoms with Crippen LogP contribution in [0.15, 0.2) is 5.38 Å². The predicted molar refractivity (Wildman–Crippen MR) is 51.3 cm³/mol. The van der Waals surface area contributed by atoms with Crippen molar-refractivity contribution >= 4 is 23.7 Å². The summed E-state index contributed by atoms with van der Waals surface area (Å²) in [5, 5.41) is 3.11. The van der Waals surface area contributed by atoms with E-state index in [-0.39, 0.29) is 18.4 Å². The quantitative estimate of drug-likeness (QED) is 0.780. The van der Waals surface area contributed by atoms with Crippen LogP contribution in [0.1, 0.15) is 30.6 Å². The van der Waals surface area contributed by atoms with Gasteiger partial charge in [0.25, 0.3) is 0 Å². The summed E-state index contributed by atoms with van der Waals surface area (Å²) < 4.78 is 0. The van der Waals surface area contributed by atoms with Gasteiger partial charge < -0.3 is 5.73 Å². The van der Waals surface area contributed by atoms with E-state index in [2.05, 4.69) is 17.3 Å². The molecule has 64 valence electrons. The topological polar surface area (TPSA) is 38.9 Å². The van der Waals surface area contributed by atoms with Crippen molar-refractivity contribution in [3.8, 4) is 0 Å². The molecule has 1 aromatic heterocycles. The van der Waals surface area contributed by atoms with Crippen molar-refractivity contribution in [2.45, 2.75) is 26.3 Å². The van der Waals surface area contributed by atoms with Gasteiger partial charge in [0.05, 0.1) is 11.7 Å². The normalized spacial score (nSPS) is 12.3. The van der Waals surface area contributed by atoms with E-state index < -0.39 is 0 Å². The zero-order valence-electron chi connectivity index (χ0n) is 6.70. The lowest BCUT2D eigenvalue weighted by molar-refractivity contribution is 0.798. The minimum absolute atomic E-state index is 0. The second kappa shape index (κ2) is 4.70. The lowest BCUT2D eigenvalue weighted by Crippen LogP contribution is -2.04. The first-order valence-electron chi connectivity index (χ1n) is 3.44. The third kappa shape index (κ3) is 2.77. The highest BCUT2D eigenvalue weighted by Gasteiger charge is 2.03. The SMILES string of the molecule is CCc1csc(C(C)N)n1.Cl. The number of hydrogen-bond acceptors (Lipinski definition) is 3. The van der Waals surface area contributed by atoms with Crippen molar-refractivity contribution in [2.24, 2.45) is 5.73 Å². The lowest BCUT2D eigenvalue weighted by atomic mass is 10.3. The van der Waals surface area contributed by atoms with Crippen LogP contribution in [0.5, 0.6) is 0 Å². The first-order valence-corrected chi connectivity index (χ1v) is 4.32. The van der Waals surface area contributed by atoms with Crippen LogP contribution < -0.4 is 5.73 Å². The maximum atomic E-state index is 5.63. The van der Waals surface area contributed by atoms with Gasteiger partial charge in [-0.1, -0.05) is 6.92 Å². The number of aromatic nitrogens is 1. The van der Waals surface area contributed by atoms with Crippen molar-refractivity contribution in [3.05, 3.63) is 16.1 Å². The summed E-state index contributed by atoms with van der Waals surface area (Å²) in [5.41, 5.74) is 6.78. The second-order valence-electron chi connectivity index (χ2n) is 2.32. The van der Waals surface area contributed by atoms with Crippen LogP contribution in [0.3, 0.4) is 0 Å². The average molecular weight is 193 g/mol. The number of hydrogen-bond donors (Lipinski definition) is 1. The Kier molecular flexibility index (Phi) is 4.65. The molecule has 0 saturated heterocycles. The first-order chi connectivity index (χ1) is 4.74. The second-order valence-corrected chi connectivity index (χ2v) is 3.21. The molecule has 11 heavy (non-hydrogen) atoms. The molecule has 1 atom stereocenters. The van der Waals surface area contributed by atoms with Gasteiger partial charge in [0.2, 0.25) is 0 Å². The minimum Gasteiger partial charge on any atom is -0.322 e. The summed E-state index contributed by atoms with van der Waals surface area (Å²) in [6.07, 6.45) is 1.00. The van der Waals surface area contributed by atoms with Crippen molar-refractivity contribution in [1.82, 2.24) is 4.98 Å². The summed E-state index contributed by atoms with van der Waals surface area (Å²) in [4.78, 5) is 4.32. The molecule has 2 nitrogen and oxygen atoms in total. The molecular weight excluding hydrogens is 180 g/mol. The minimum atomic E-state index is 0. The van der Waals surface area contributed by atoms with Gasteiger partial charge in [-0.25, -0.2) is 4.98 Å². The van der Waals surface area contributed by atoms with Gasteiger partial charge in [0, 0.05) is 5.38 Å². The molecule has 0 aromatic carbocycles. The molecule has 1 aromatic rings. The Balaban J connectivity index is 0.000001000. The largest absolute Gasteiger partial charge is 0.322 e. The molecule has 0 bridgehead atoms. The molecule has 0 aliphatic rings. The monoisotopic (exact) mass is 192 g/mol. The van der Waals surface area contributed by atoms with Crippen LogP contribution in [0.25, 0.3) is 0 Å². The summed E-state index contributed by atoms with van der Waals surface area (Å²) >= 11 is 1.65. The number of rotatable bonds is 2. The molecule has 4 heteroatoms. The van der Waals surface area contributed by atoms with E-state index in [1.165, 1.54) is 0 Å². The molecule has 1 heterocycles. The number of halogens is 1. The van der Waals surface area contributed by atoms with Crippen LogP contribution >= 0.6 is 23.7 Å². The molecule has 0 saturated carbocycles. The third-order valence-electron chi connectivity index (χ3n) is 1.32. The summed E-state index contributed by atoms with van der Waals surface area (Å²) in [6.45, 7) is 4.05. The summed E-state index contributed by atoms with van der Waals surface area (Å²) in [5.74, 6) is 0. The number of aryl methyl sites for hydroxylation is 1. The maximum Gasteiger partial charge on any atom is 0.109 e. The van der Waals surface area contributed by atoms with Crippen LogP contribution in [0, 0.1) is 0 Å². The van der Waals surface area contributed by atoms with Gasteiger partial charge in [-0.3, -0.25) is 0 Å². The van der Waals surface area contributed by atoms with Crippen molar-refractivity contribution in [1.29, 1.82) is 0 Å². The molecule has 0 spiro atoms. The molecule has 0 aliphatic carbocycles. The van der Waals surface area contributed by atoms with Gasteiger partial charge >= 0.3 is 0 Å². The van der Waals surface area contributed by atoms with Gasteiger partial charge in [-0.15, -0.1) is 23.7 Å². The van der Waals surface area contributed by atoms with Crippen LogP contribution in [0.4, 0.5) is 0 Å². The summed E-state index contributed by atoms with van der Waals surface area (Å²) in [6, 6.07) is 0.0882. The molecule has 1 rings (SSSR count). The van der Waals surface area contributed by atoms with Gasteiger partial charge in [-0.2, -0.15) is 0 Å². The standard InChI is InChI=1S/C7H12N2S.ClH/c1-3-6-4-10-7(9-6)5(2)8;/h4-5H,3,8H2,1-2H3;1H. The highest BCUT2D eigenvalue weighted by molar-refractivity contribution is 7.09. The number of nitrogens with two attached hydrogens (primary N) is 1. The van der Waals surface area contributed by atoms with E-state index in [4.69, 9.17) is 5.73 Å². The van der Waals surface area contributed by atoms with E-state index in [1.54, 1.807) is 11.3 Å².